The van der Waals surface area contributed by atoms with Crippen LogP contribution in [0, 0.1) is 0 Å². The second-order valence-electron chi connectivity index (χ2n) is 8.59. The summed E-state index contributed by atoms with van der Waals surface area (Å²) in [6.07, 6.45) is 1.87. The molecule has 9 heteroatoms. The fourth-order valence-electron chi connectivity index (χ4n) is 4.03. The molecular weight excluding hydrogens is 450 g/mol. The van der Waals surface area contributed by atoms with Gasteiger partial charge in [0.25, 0.3) is 0 Å². The Hall–Kier alpha value is -2.62. The lowest BCUT2D eigenvalue weighted by molar-refractivity contribution is 0.252. The van der Waals surface area contributed by atoms with Crippen LogP contribution in [0.15, 0.2) is 53.4 Å². The highest BCUT2D eigenvalue weighted by Gasteiger charge is 2.27. The Kier molecular flexibility index (Phi) is 9.32. The maximum absolute atomic E-state index is 13.6. The van der Waals surface area contributed by atoms with Crippen molar-refractivity contribution in [3.05, 3.63) is 54.1 Å². The number of hydrogen-bond donors (Lipinski definition) is 3. The molecule has 1 saturated heterocycles. The fraction of sp³-hybridized carbons (Fsp3) is 0.480. The Labute approximate surface area is 203 Å². The highest BCUT2D eigenvalue weighted by atomic mass is 32.2. The number of benzene rings is 2. The molecule has 1 atom stereocenters. The van der Waals surface area contributed by atoms with Gasteiger partial charge in [0.1, 0.15) is 4.90 Å². The number of sulfonamides is 1. The summed E-state index contributed by atoms with van der Waals surface area (Å²) in [4.78, 5) is 16.9. The number of piperazine rings is 1. The topological polar surface area (TPSA) is 93.8 Å². The quantitative estimate of drug-likeness (QED) is 0.444. The number of rotatable bonds is 10. The van der Waals surface area contributed by atoms with Crippen molar-refractivity contribution in [2.45, 2.75) is 44.6 Å². The molecule has 1 heterocycles. The van der Waals surface area contributed by atoms with Gasteiger partial charge in [-0.05, 0) is 43.7 Å². The van der Waals surface area contributed by atoms with E-state index in [1.165, 1.54) is 0 Å². The number of anilines is 2. The van der Waals surface area contributed by atoms with E-state index in [9.17, 15) is 13.2 Å². The largest absolute Gasteiger partial charge is 0.368 e. The molecule has 1 aliphatic heterocycles. The molecule has 186 valence electrons. The van der Waals surface area contributed by atoms with Crippen molar-refractivity contribution in [2.75, 3.05) is 49.5 Å². The molecule has 0 aromatic heterocycles. The average Bonchev–Trinajstić information content (AvgIpc) is 2.84. The maximum atomic E-state index is 13.6. The van der Waals surface area contributed by atoms with Crippen molar-refractivity contribution in [1.82, 2.24) is 14.9 Å². The zero-order valence-electron chi connectivity index (χ0n) is 20.4. The van der Waals surface area contributed by atoms with Gasteiger partial charge >= 0.3 is 6.03 Å². The second-order valence-corrected chi connectivity index (χ2v) is 10.3. The van der Waals surface area contributed by atoms with Gasteiger partial charge in [0.05, 0.1) is 5.69 Å². The van der Waals surface area contributed by atoms with E-state index in [2.05, 4.69) is 39.0 Å². The molecule has 0 bridgehead atoms. The molecule has 3 rings (SSSR count). The third kappa shape index (κ3) is 6.94. The Morgan fingerprint density at radius 1 is 1.03 bits per heavy atom. The Morgan fingerprint density at radius 2 is 1.74 bits per heavy atom. The van der Waals surface area contributed by atoms with Crippen molar-refractivity contribution >= 4 is 27.4 Å². The second kappa shape index (κ2) is 12.2. The lowest BCUT2D eigenvalue weighted by atomic mass is 10.1. The van der Waals surface area contributed by atoms with Crippen LogP contribution in [-0.2, 0) is 10.0 Å². The van der Waals surface area contributed by atoms with E-state index in [1.807, 2.05) is 37.3 Å². The van der Waals surface area contributed by atoms with E-state index >= 15 is 0 Å². The summed E-state index contributed by atoms with van der Waals surface area (Å²) < 4.78 is 30.0. The fourth-order valence-corrected chi connectivity index (χ4v) is 5.52. The van der Waals surface area contributed by atoms with Crippen LogP contribution in [0.3, 0.4) is 0 Å². The summed E-state index contributed by atoms with van der Waals surface area (Å²) >= 11 is 0. The van der Waals surface area contributed by atoms with E-state index in [4.69, 9.17) is 0 Å². The number of unbranched alkanes of at least 4 members (excludes halogenated alkanes) is 1. The van der Waals surface area contributed by atoms with Gasteiger partial charge in [-0.2, -0.15) is 0 Å². The summed E-state index contributed by atoms with van der Waals surface area (Å²) in [5, 5.41) is 5.58. The normalized spacial score (nSPS) is 15.7. The molecule has 0 radical (unpaired) electrons. The third-order valence-electron chi connectivity index (χ3n) is 6.11. The van der Waals surface area contributed by atoms with E-state index < -0.39 is 16.1 Å². The molecule has 0 aliphatic carbocycles. The van der Waals surface area contributed by atoms with Crippen molar-refractivity contribution in [2.24, 2.45) is 0 Å². The molecule has 8 nitrogen and oxygen atoms in total. The summed E-state index contributed by atoms with van der Waals surface area (Å²) in [6, 6.07) is 13.9. The molecule has 0 saturated carbocycles. The van der Waals surface area contributed by atoms with Gasteiger partial charge in [0, 0.05) is 44.5 Å². The van der Waals surface area contributed by atoms with Gasteiger partial charge in [-0.3, -0.25) is 0 Å². The van der Waals surface area contributed by atoms with Gasteiger partial charge < -0.3 is 20.4 Å². The summed E-state index contributed by atoms with van der Waals surface area (Å²) in [6.45, 7) is 10.8. The Morgan fingerprint density at radius 3 is 2.38 bits per heavy atom. The molecule has 3 N–H and O–H groups in total. The zero-order chi connectivity index (χ0) is 24.6. The number of nitrogens with one attached hydrogen (secondary N) is 3. The predicted molar refractivity (Wildman–Crippen MR) is 138 cm³/mol. The van der Waals surface area contributed by atoms with Crippen LogP contribution < -0.4 is 20.3 Å². The minimum Gasteiger partial charge on any atom is -0.368 e. The smallest absolute Gasteiger partial charge is 0.319 e. The monoisotopic (exact) mass is 487 g/mol. The van der Waals surface area contributed by atoms with Crippen LogP contribution >= 0.6 is 0 Å². The van der Waals surface area contributed by atoms with Crippen LogP contribution in [0.4, 0.5) is 16.2 Å². The van der Waals surface area contributed by atoms with Gasteiger partial charge in [-0.25, -0.2) is 17.9 Å². The predicted octanol–water partition coefficient (Wildman–Crippen LogP) is 3.79. The minimum atomic E-state index is -3.86. The van der Waals surface area contributed by atoms with E-state index in [-0.39, 0.29) is 10.9 Å². The molecule has 0 spiro atoms. The standard InChI is InChI=1S/C25H37N5O3S/c1-4-6-14-26-25(31)27-22-12-13-23(30-17-15-29(5-2)16-18-30)24(19-22)34(32,33)28-20(3)21-10-8-7-9-11-21/h7-13,19-20,28H,4-6,14-18H2,1-3H3,(H2,26,27,31). The highest BCUT2D eigenvalue weighted by Crippen LogP contribution is 2.30. The molecule has 2 amide bonds. The number of carbonyl (C=O) groups is 1. The molecular formula is C25H37N5O3S. The minimum absolute atomic E-state index is 0.173. The average molecular weight is 488 g/mol. The lowest BCUT2D eigenvalue weighted by Gasteiger charge is -2.36. The van der Waals surface area contributed by atoms with Gasteiger partial charge in [-0.15, -0.1) is 0 Å². The first-order valence-corrected chi connectivity index (χ1v) is 13.6. The van der Waals surface area contributed by atoms with Crippen molar-refractivity contribution in [3.63, 3.8) is 0 Å². The summed E-state index contributed by atoms with van der Waals surface area (Å²) in [5.74, 6) is 0. The lowest BCUT2D eigenvalue weighted by Crippen LogP contribution is -2.46. The number of likely N-dealkylation sites (N-methyl/N-ethyl adjacent to an activating group) is 1. The first-order valence-electron chi connectivity index (χ1n) is 12.1. The van der Waals surface area contributed by atoms with Crippen LogP contribution in [0.5, 0.6) is 0 Å². The first kappa shape index (κ1) is 26.0. The number of amides is 2. The van der Waals surface area contributed by atoms with Gasteiger partial charge in [-0.1, -0.05) is 50.6 Å². The zero-order valence-corrected chi connectivity index (χ0v) is 21.2. The SMILES string of the molecule is CCCCNC(=O)Nc1ccc(N2CCN(CC)CC2)c(S(=O)(=O)NC(C)c2ccccc2)c1. The van der Waals surface area contributed by atoms with E-state index in [0.29, 0.717) is 17.9 Å². The van der Waals surface area contributed by atoms with Crippen molar-refractivity contribution < 1.29 is 13.2 Å². The van der Waals surface area contributed by atoms with E-state index in [0.717, 1.165) is 51.1 Å². The highest BCUT2D eigenvalue weighted by molar-refractivity contribution is 7.89. The molecule has 1 unspecified atom stereocenters. The van der Waals surface area contributed by atoms with Crippen molar-refractivity contribution in [3.8, 4) is 0 Å². The number of hydrogen-bond acceptors (Lipinski definition) is 5. The number of nitrogens with zero attached hydrogens (tertiary/aromatic N) is 2. The molecule has 1 aliphatic rings. The maximum Gasteiger partial charge on any atom is 0.319 e. The number of carbonyl (C=O) groups excluding carboxylic acids is 1. The van der Waals surface area contributed by atoms with Gasteiger partial charge in [0.15, 0.2) is 0 Å². The first-order chi connectivity index (χ1) is 16.3. The van der Waals surface area contributed by atoms with Crippen LogP contribution in [0.25, 0.3) is 0 Å². The third-order valence-corrected chi connectivity index (χ3v) is 7.68. The van der Waals surface area contributed by atoms with E-state index in [1.54, 1.807) is 18.2 Å². The Bertz CT molecular complexity index is 1040. The molecule has 1 fully saturated rings. The summed E-state index contributed by atoms with van der Waals surface area (Å²) in [7, 11) is -3.86. The Balaban J connectivity index is 1.87. The van der Waals surface area contributed by atoms with Crippen molar-refractivity contribution in [1.29, 1.82) is 0 Å². The van der Waals surface area contributed by atoms with Gasteiger partial charge in [0.2, 0.25) is 10.0 Å². The van der Waals surface area contributed by atoms with Crippen LogP contribution in [-0.4, -0.2) is 58.6 Å². The number of urea groups is 1. The molecule has 2 aromatic carbocycles. The van der Waals surface area contributed by atoms with Crippen LogP contribution in [0.1, 0.15) is 45.2 Å². The molecule has 34 heavy (non-hydrogen) atoms. The summed E-state index contributed by atoms with van der Waals surface area (Å²) in [5.41, 5.74) is 1.98. The molecule has 2 aromatic rings. The van der Waals surface area contributed by atoms with Crippen LogP contribution in [0.2, 0.25) is 0 Å².